The highest BCUT2D eigenvalue weighted by molar-refractivity contribution is 14.1. The second kappa shape index (κ2) is 5.41. The number of carbonyl (C=O) groups excluding carboxylic acids is 1. The van der Waals surface area contributed by atoms with Gasteiger partial charge >= 0.3 is 0 Å². The van der Waals surface area contributed by atoms with Crippen LogP contribution in [-0.2, 0) is 0 Å². The Morgan fingerprint density at radius 1 is 1.60 bits per heavy atom. The van der Waals surface area contributed by atoms with E-state index in [-0.39, 0.29) is 24.9 Å². The summed E-state index contributed by atoms with van der Waals surface area (Å²) in [5, 5.41) is 8.68. The Kier molecular flexibility index (Phi) is 4.46. The first-order valence-electron chi connectivity index (χ1n) is 4.37. The van der Waals surface area contributed by atoms with E-state index in [1.165, 1.54) is 23.1 Å². The van der Waals surface area contributed by atoms with Crippen molar-refractivity contribution in [1.82, 2.24) is 4.90 Å². The minimum atomic E-state index is -0.336. The number of benzene rings is 1. The monoisotopic (exact) mass is 323 g/mol. The van der Waals surface area contributed by atoms with Crippen LogP contribution in [0, 0.1) is 9.39 Å². The first-order valence-corrected chi connectivity index (χ1v) is 5.45. The predicted molar refractivity (Wildman–Crippen MR) is 63.2 cm³/mol. The summed E-state index contributed by atoms with van der Waals surface area (Å²) in [6.07, 6.45) is 0. The molecule has 0 aliphatic heterocycles. The van der Waals surface area contributed by atoms with Crippen LogP contribution in [-0.4, -0.2) is 36.1 Å². The van der Waals surface area contributed by atoms with E-state index < -0.39 is 0 Å². The van der Waals surface area contributed by atoms with Gasteiger partial charge in [-0.1, -0.05) is 0 Å². The molecule has 0 aliphatic rings. The van der Waals surface area contributed by atoms with E-state index in [0.29, 0.717) is 9.13 Å². The summed E-state index contributed by atoms with van der Waals surface area (Å²) in [4.78, 5) is 13.1. The van der Waals surface area contributed by atoms with Gasteiger partial charge in [0.2, 0.25) is 0 Å². The molecule has 5 heteroatoms. The van der Waals surface area contributed by atoms with Crippen LogP contribution in [0.15, 0.2) is 18.2 Å². The maximum atomic E-state index is 12.9. The number of rotatable bonds is 3. The number of hydrogen-bond acceptors (Lipinski definition) is 2. The Balaban J connectivity index is 2.87. The number of aliphatic hydroxyl groups excluding tert-OH is 1. The van der Waals surface area contributed by atoms with Crippen molar-refractivity contribution in [2.24, 2.45) is 0 Å². The lowest BCUT2D eigenvalue weighted by Crippen LogP contribution is -2.29. The molecule has 1 amide bonds. The Labute approximate surface area is 101 Å². The average molecular weight is 323 g/mol. The summed E-state index contributed by atoms with van der Waals surface area (Å²) in [7, 11) is 1.59. The van der Waals surface area contributed by atoms with Gasteiger partial charge in [-0.05, 0) is 40.8 Å². The van der Waals surface area contributed by atoms with Crippen molar-refractivity contribution in [2.75, 3.05) is 20.2 Å². The zero-order valence-electron chi connectivity index (χ0n) is 8.20. The molecule has 0 aromatic heterocycles. The molecule has 1 aromatic carbocycles. The van der Waals surface area contributed by atoms with E-state index >= 15 is 0 Å². The van der Waals surface area contributed by atoms with E-state index in [0.717, 1.165) is 0 Å². The lowest BCUT2D eigenvalue weighted by molar-refractivity contribution is 0.0767. The van der Waals surface area contributed by atoms with Crippen LogP contribution in [0.3, 0.4) is 0 Å². The number of carbonyl (C=O) groups is 1. The van der Waals surface area contributed by atoms with Gasteiger partial charge in [-0.25, -0.2) is 4.39 Å². The van der Waals surface area contributed by atoms with Gasteiger partial charge in [0.1, 0.15) is 5.82 Å². The van der Waals surface area contributed by atoms with Crippen LogP contribution in [0.5, 0.6) is 0 Å². The van der Waals surface area contributed by atoms with Crippen LogP contribution in [0.2, 0.25) is 0 Å². The molecule has 82 valence electrons. The Morgan fingerprint density at radius 2 is 2.27 bits per heavy atom. The van der Waals surface area contributed by atoms with Crippen LogP contribution in [0.25, 0.3) is 0 Å². The lowest BCUT2D eigenvalue weighted by Gasteiger charge is -2.15. The molecule has 15 heavy (non-hydrogen) atoms. The zero-order chi connectivity index (χ0) is 11.4. The van der Waals surface area contributed by atoms with E-state index in [9.17, 15) is 9.18 Å². The van der Waals surface area contributed by atoms with E-state index in [2.05, 4.69) is 0 Å². The van der Waals surface area contributed by atoms with Crippen LogP contribution in [0.1, 0.15) is 10.4 Å². The highest BCUT2D eigenvalue weighted by Gasteiger charge is 2.12. The summed E-state index contributed by atoms with van der Waals surface area (Å²) in [6.45, 7) is 0.188. The number of likely N-dealkylation sites (N-methyl/N-ethyl adjacent to an activating group) is 1. The quantitative estimate of drug-likeness (QED) is 0.857. The van der Waals surface area contributed by atoms with Gasteiger partial charge in [-0.3, -0.25) is 4.79 Å². The second-order valence-electron chi connectivity index (χ2n) is 3.08. The molecule has 0 atom stereocenters. The molecule has 0 unspecified atom stereocenters. The van der Waals surface area contributed by atoms with Crippen molar-refractivity contribution in [1.29, 1.82) is 0 Å². The normalized spacial score (nSPS) is 10.1. The summed E-state index contributed by atoms with van der Waals surface area (Å²) in [5.41, 5.74) is 0.428. The van der Waals surface area contributed by atoms with Crippen molar-refractivity contribution < 1.29 is 14.3 Å². The molecule has 1 aromatic rings. The number of amides is 1. The fourth-order valence-corrected chi connectivity index (χ4v) is 1.62. The minimum absolute atomic E-state index is 0.0828. The number of aliphatic hydroxyl groups is 1. The first-order chi connectivity index (χ1) is 7.06. The van der Waals surface area contributed by atoms with E-state index in [1.54, 1.807) is 7.05 Å². The number of halogens is 2. The lowest BCUT2D eigenvalue weighted by atomic mass is 10.2. The molecule has 0 aliphatic carbocycles. The van der Waals surface area contributed by atoms with Gasteiger partial charge in [-0.15, -0.1) is 0 Å². The van der Waals surface area contributed by atoms with E-state index in [4.69, 9.17) is 5.11 Å². The molecule has 1 N–H and O–H groups in total. The highest BCUT2D eigenvalue weighted by atomic mass is 127. The summed E-state index contributed by atoms with van der Waals surface area (Å²) in [5.74, 6) is -0.557. The number of hydrogen-bond donors (Lipinski definition) is 1. The van der Waals surface area contributed by atoms with Crippen LogP contribution >= 0.6 is 22.6 Å². The maximum Gasteiger partial charge on any atom is 0.253 e. The van der Waals surface area contributed by atoms with Gasteiger partial charge in [-0.2, -0.15) is 0 Å². The third-order valence-electron chi connectivity index (χ3n) is 1.95. The summed E-state index contributed by atoms with van der Waals surface area (Å²) >= 11 is 1.83. The second-order valence-corrected chi connectivity index (χ2v) is 4.24. The van der Waals surface area contributed by atoms with Crippen LogP contribution < -0.4 is 0 Å². The molecule has 0 heterocycles. The standard InChI is InChI=1S/C10H11FINO2/c1-13(4-5-14)10(15)7-2-3-8(11)9(12)6-7/h2-3,6,14H,4-5H2,1H3. The Bertz CT molecular complexity index is 370. The molecule has 0 spiro atoms. The van der Waals surface area contributed by atoms with Crippen molar-refractivity contribution in [3.8, 4) is 0 Å². The predicted octanol–water partition coefficient (Wildman–Crippen LogP) is 1.49. The third-order valence-corrected chi connectivity index (χ3v) is 2.78. The molecule has 0 radical (unpaired) electrons. The van der Waals surface area contributed by atoms with Crippen molar-refractivity contribution in [3.63, 3.8) is 0 Å². The van der Waals surface area contributed by atoms with Crippen molar-refractivity contribution >= 4 is 28.5 Å². The topological polar surface area (TPSA) is 40.5 Å². The van der Waals surface area contributed by atoms with Crippen molar-refractivity contribution in [2.45, 2.75) is 0 Å². The third kappa shape index (κ3) is 3.13. The van der Waals surface area contributed by atoms with Gasteiger partial charge in [0.05, 0.1) is 6.61 Å². The molecular weight excluding hydrogens is 312 g/mol. The molecule has 3 nitrogen and oxygen atoms in total. The molecular formula is C10H11FINO2. The molecule has 0 bridgehead atoms. The van der Waals surface area contributed by atoms with Gasteiger partial charge in [0.15, 0.2) is 0 Å². The summed E-state index contributed by atoms with van der Waals surface area (Å²) < 4.78 is 13.4. The first kappa shape index (κ1) is 12.4. The Morgan fingerprint density at radius 3 is 2.80 bits per heavy atom. The molecule has 0 saturated carbocycles. The Hall–Kier alpha value is -0.690. The van der Waals surface area contributed by atoms with Crippen LogP contribution in [0.4, 0.5) is 4.39 Å². The largest absolute Gasteiger partial charge is 0.395 e. The molecule has 0 fully saturated rings. The highest BCUT2D eigenvalue weighted by Crippen LogP contribution is 2.14. The van der Waals surface area contributed by atoms with Gasteiger partial charge in [0, 0.05) is 22.7 Å². The van der Waals surface area contributed by atoms with Crippen molar-refractivity contribution in [3.05, 3.63) is 33.1 Å². The fraction of sp³-hybridized carbons (Fsp3) is 0.300. The SMILES string of the molecule is CN(CCO)C(=O)c1ccc(F)c(I)c1. The zero-order valence-corrected chi connectivity index (χ0v) is 10.4. The minimum Gasteiger partial charge on any atom is -0.395 e. The van der Waals surface area contributed by atoms with Gasteiger partial charge < -0.3 is 10.0 Å². The molecule has 0 saturated heterocycles. The van der Waals surface area contributed by atoms with Gasteiger partial charge in [0.25, 0.3) is 5.91 Å². The molecule has 1 rings (SSSR count). The summed E-state index contributed by atoms with van der Waals surface area (Å²) in [6, 6.07) is 4.20. The van der Waals surface area contributed by atoms with E-state index in [1.807, 2.05) is 22.6 Å². The smallest absolute Gasteiger partial charge is 0.253 e. The maximum absolute atomic E-state index is 12.9. The number of nitrogens with zero attached hydrogens (tertiary/aromatic N) is 1. The fourth-order valence-electron chi connectivity index (χ4n) is 1.10. The average Bonchev–Trinajstić information content (AvgIpc) is 2.21.